The monoisotopic (exact) mass is 409 g/mol. The highest BCUT2D eigenvalue weighted by atomic mass is 35.5. The maximum atomic E-state index is 13.2. The van der Waals surface area contributed by atoms with Crippen molar-refractivity contribution >= 4 is 53.0 Å². The molecule has 1 saturated heterocycles. The molecule has 0 spiro atoms. The van der Waals surface area contributed by atoms with Crippen molar-refractivity contribution in [3.8, 4) is 10.6 Å². The average molecular weight is 410 g/mol. The molecule has 2 aromatic heterocycles. The number of halogens is 2. The summed E-state index contributed by atoms with van der Waals surface area (Å²) in [6, 6.07) is 13.9. The van der Waals surface area contributed by atoms with Crippen LogP contribution < -0.4 is 5.32 Å². The predicted octanol–water partition coefficient (Wildman–Crippen LogP) is 4.24. The number of hydrogen-bond acceptors (Lipinski definition) is 4. The van der Waals surface area contributed by atoms with Gasteiger partial charge in [0.2, 0.25) is 0 Å². The van der Waals surface area contributed by atoms with Crippen LogP contribution in [0.4, 0.5) is 0 Å². The van der Waals surface area contributed by atoms with Crippen molar-refractivity contribution in [3.05, 3.63) is 53.4 Å². The van der Waals surface area contributed by atoms with E-state index in [1.165, 1.54) is 0 Å². The second-order valence-electron chi connectivity index (χ2n) is 5.95. The quantitative estimate of drug-likeness (QED) is 0.687. The van der Waals surface area contributed by atoms with Gasteiger partial charge in [0.1, 0.15) is 0 Å². The number of carbonyl (C=O) groups is 1. The Kier molecular flexibility index (Phi) is 7.41. The van der Waals surface area contributed by atoms with Gasteiger partial charge in [0.15, 0.2) is 0 Å². The zero-order valence-electron chi connectivity index (χ0n) is 14.2. The molecule has 0 aliphatic carbocycles. The Morgan fingerprint density at radius 3 is 2.73 bits per heavy atom. The standard InChI is InChI=1S/C19H19N3OS.2ClH/c23-19(22-10-4-8-20-9-11-22)15-13-17(18-7-3-12-24-18)21-16-6-2-1-5-14(15)16;;/h1-3,5-7,12-13,20H,4,8-11H2;2*1H. The molecule has 0 saturated carbocycles. The van der Waals surface area contributed by atoms with Crippen molar-refractivity contribution in [2.45, 2.75) is 6.42 Å². The first kappa shape index (κ1) is 20.6. The minimum Gasteiger partial charge on any atom is -0.337 e. The van der Waals surface area contributed by atoms with Crippen LogP contribution in [0, 0.1) is 0 Å². The second-order valence-corrected chi connectivity index (χ2v) is 6.89. The summed E-state index contributed by atoms with van der Waals surface area (Å²) in [6.07, 6.45) is 0.993. The van der Waals surface area contributed by atoms with Crippen LogP contribution in [0.15, 0.2) is 47.8 Å². The van der Waals surface area contributed by atoms with Gasteiger partial charge in [0.25, 0.3) is 5.91 Å². The number of rotatable bonds is 2. The smallest absolute Gasteiger partial charge is 0.254 e. The van der Waals surface area contributed by atoms with E-state index < -0.39 is 0 Å². The van der Waals surface area contributed by atoms with E-state index in [9.17, 15) is 4.79 Å². The molecule has 0 unspecified atom stereocenters. The molecule has 0 bridgehead atoms. The molecule has 1 aliphatic heterocycles. The van der Waals surface area contributed by atoms with Crippen molar-refractivity contribution in [2.75, 3.05) is 26.2 Å². The fourth-order valence-electron chi connectivity index (χ4n) is 3.12. The average Bonchev–Trinajstić information content (AvgIpc) is 3.03. The maximum Gasteiger partial charge on any atom is 0.254 e. The zero-order chi connectivity index (χ0) is 16.4. The Balaban J connectivity index is 0.00000121. The number of carbonyl (C=O) groups excluding carboxylic acids is 1. The Hall–Kier alpha value is -1.66. The number of amides is 1. The number of hydrogen-bond donors (Lipinski definition) is 1. The second kappa shape index (κ2) is 9.33. The number of para-hydroxylation sites is 1. The summed E-state index contributed by atoms with van der Waals surface area (Å²) < 4.78 is 0. The molecule has 1 fully saturated rings. The van der Waals surface area contributed by atoms with Crippen molar-refractivity contribution < 1.29 is 4.79 Å². The van der Waals surface area contributed by atoms with Gasteiger partial charge in [0, 0.05) is 25.0 Å². The van der Waals surface area contributed by atoms with E-state index >= 15 is 0 Å². The number of aromatic nitrogens is 1. The third-order valence-electron chi connectivity index (χ3n) is 4.35. The van der Waals surface area contributed by atoms with Gasteiger partial charge in [0.05, 0.1) is 21.7 Å². The van der Waals surface area contributed by atoms with Gasteiger partial charge >= 0.3 is 0 Å². The lowest BCUT2D eigenvalue weighted by molar-refractivity contribution is 0.0768. The fraction of sp³-hybridized carbons (Fsp3) is 0.263. The van der Waals surface area contributed by atoms with Crippen molar-refractivity contribution in [1.29, 1.82) is 0 Å². The molecule has 0 atom stereocenters. The summed E-state index contributed by atoms with van der Waals surface area (Å²) in [5, 5.41) is 6.32. The molecule has 26 heavy (non-hydrogen) atoms. The number of fused-ring (bicyclic) bond motifs is 1. The van der Waals surface area contributed by atoms with Crippen LogP contribution in [0.3, 0.4) is 0 Å². The highest BCUT2D eigenvalue weighted by Gasteiger charge is 2.20. The highest BCUT2D eigenvalue weighted by molar-refractivity contribution is 7.13. The zero-order valence-corrected chi connectivity index (χ0v) is 16.6. The topological polar surface area (TPSA) is 45.2 Å². The van der Waals surface area contributed by atoms with E-state index in [1.807, 2.05) is 52.7 Å². The number of nitrogens with one attached hydrogen (secondary N) is 1. The lowest BCUT2D eigenvalue weighted by Crippen LogP contribution is -2.34. The molecule has 4 rings (SSSR count). The van der Waals surface area contributed by atoms with Crippen molar-refractivity contribution in [1.82, 2.24) is 15.2 Å². The first-order valence-corrected chi connectivity index (χ1v) is 9.14. The minimum absolute atomic E-state index is 0. The predicted molar refractivity (Wildman–Crippen MR) is 113 cm³/mol. The molecule has 1 amide bonds. The largest absolute Gasteiger partial charge is 0.337 e. The fourth-order valence-corrected chi connectivity index (χ4v) is 3.81. The SMILES string of the molecule is Cl.Cl.O=C(c1cc(-c2cccs2)nc2ccccc12)N1CCCNCC1. The van der Waals surface area contributed by atoms with Gasteiger partial charge < -0.3 is 10.2 Å². The van der Waals surface area contributed by atoms with Gasteiger partial charge in [-0.1, -0.05) is 24.3 Å². The summed E-state index contributed by atoms with van der Waals surface area (Å²) >= 11 is 1.65. The Labute approximate surface area is 169 Å². The lowest BCUT2D eigenvalue weighted by atomic mass is 10.1. The van der Waals surface area contributed by atoms with E-state index in [0.717, 1.165) is 59.6 Å². The molecule has 1 aromatic carbocycles. The summed E-state index contributed by atoms with van der Waals surface area (Å²) in [5.74, 6) is 0.107. The van der Waals surface area contributed by atoms with Gasteiger partial charge in [-0.3, -0.25) is 4.79 Å². The molecule has 0 radical (unpaired) electrons. The van der Waals surface area contributed by atoms with Crippen LogP contribution in [0.2, 0.25) is 0 Å². The highest BCUT2D eigenvalue weighted by Crippen LogP contribution is 2.28. The molecule has 7 heteroatoms. The number of pyridine rings is 1. The molecule has 138 valence electrons. The Morgan fingerprint density at radius 2 is 1.92 bits per heavy atom. The Morgan fingerprint density at radius 1 is 1.08 bits per heavy atom. The summed E-state index contributed by atoms with van der Waals surface area (Å²) in [5.41, 5.74) is 2.51. The molecule has 1 N–H and O–H groups in total. The molecular weight excluding hydrogens is 389 g/mol. The van der Waals surface area contributed by atoms with Crippen LogP contribution in [-0.2, 0) is 0 Å². The third kappa shape index (κ3) is 4.18. The number of thiophene rings is 1. The van der Waals surface area contributed by atoms with Crippen LogP contribution in [0.5, 0.6) is 0 Å². The van der Waals surface area contributed by atoms with Gasteiger partial charge in [-0.05, 0) is 36.5 Å². The van der Waals surface area contributed by atoms with E-state index in [-0.39, 0.29) is 30.7 Å². The Bertz CT molecular complexity index is 862. The lowest BCUT2D eigenvalue weighted by Gasteiger charge is -2.21. The molecule has 3 aromatic rings. The number of benzene rings is 1. The van der Waals surface area contributed by atoms with Gasteiger partial charge in [-0.2, -0.15) is 0 Å². The first-order valence-electron chi connectivity index (χ1n) is 8.26. The van der Waals surface area contributed by atoms with Crippen LogP contribution in [-0.4, -0.2) is 42.0 Å². The first-order chi connectivity index (χ1) is 11.8. The van der Waals surface area contributed by atoms with Gasteiger partial charge in [-0.25, -0.2) is 4.98 Å². The van der Waals surface area contributed by atoms with Crippen molar-refractivity contribution in [3.63, 3.8) is 0 Å². The van der Waals surface area contributed by atoms with Gasteiger partial charge in [-0.15, -0.1) is 36.2 Å². The summed E-state index contributed by atoms with van der Waals surface area (Å²) in [6.45, 7) is 3.38. The van der Waals surface area contributed by atoms with E-state index in [0.29, 0.717) is 0 Å². The van der Waals surface area contributed by atoms with E-state index in [1.54, 1.807) is 11.3 Å². The molecule has 4 nitrogen and oxygen atoms in total. The van der Waals surface area contributed by atoms with E-state index in [2.05, 4.69) is 5.32 Å². The third-order valence-corrected chi connectivity index (χ3v) is 5.24. The van der Waals surface area contributed by atoms with Crippen LogP contribution in [0.25, 0.3) is 21.5 Å². The maximum absolute atomic E-state index is 13.2. The number of nitrogens with zero attached hydrogens (tertiary/aromatic N) is 2. The molecular formula is C19H21Cl2N3OS. The normalized spacial score (nSPS) is 14.2. The van der Waals surface area contributed by atoms with Crippen LogP contribution >= 0.6 is 36.2 Å². The minimum atomic E-state index is 0. The summed E-state index contributed by atoms with van der Waals surface area (Å²) in [7, 11) is 0. The molecule has 1 aliphatic rings. The summed E-state index contributed by atoms with van der Waals surface area (Å²) in [4.78, 5) is 21.0. The van der Waals surface area contributed by atoms with Crippen LogP contribution in [0.1, 0.15) is 16.8 Å². The molecule has 3 heterocycles. The van der Waals surface area contributed by atoms with Crippen molar-refractivity contribution in [2.24, 2.45) is 0 Å². The van der Waals surface area contributed by atoms with E-state index in [4.69, 9.17) is 4.98 Å².